The summed E-state index contributed by atoms with van der Waals surface area (Å²) in [6.45, 7) is 13.5. The van der Waals surface area contributed by atoms with Gasteiger partial charge in [0, 0.05) is 18.8 Å². The predicted molar refractivity (Wildman–Crippen MR) is 67.8 cm³/mol. The van der Waals surface area contributed by atoms with Crippen LogP contribution >= 0.6 is 0 Å². The standard InChI is InChI=1S/C14H27N/c1-5-11-15(6-2)13(4)14-9-7-12(3)8-10-14/h12,14H,4-11H2,1-3H3. The van der Waals surface area contributed by atoms with Gasteiger partial charge in [-0.2, -0.15) is 0 Å². The molecule has 0 bridgehead atoms. The summed E-state index contributed by atoms with van der Waals surface area (Å²) in [4.78, 5) is 2.47. The number of nitrogens with zero attached hydrogens (tertiary/aromatic N) is 1. The van der Waals surface area contributed by atoms with Crippen molar-refractivity contribution >= 4 is 0 Å². The number of allylic oxidation sites excluding steroid dienone is 1. The molecule has 0 N–H and O–H groups in total. The van der Waals surface area contributed by atoms with E-state index in [9.17, 15) is 0 Å². The van der Waals surface area contributed by atoms with E-state index in [1.807, 2.05) is 0 Å². The van der Waals surface area contributed by atoms with E-state index >= 15 is 0 Å². The highest BCUT2D eigenvalue weighted by molar-refractivity contribution is 5.01. The molecule has 15 heavy (non-hydrogen) atoms. The molecule has 0 radical (unpaired) electrons. The van der Waals surface area contributed by atoms with Crippen molar-refractivity contribution in [1.82, 2.24) is 4.90 Å². The maximum Gasteiger partial charge on any atom is 0.0172 e. The topological polar surface area (TPSA) is 3.24 Å². The van der Waals surface area contributed by atoms with Crippen molar-refractivity contribution in [2.45, 2.75) is 52.9 Å². The van der Waals surface area contributed by atoms with Crippen molar-refractivity contribution in [3.8, 4) is 0 Å². The van der Waals surface area contributed by atoms with E-state index in [4.69, 9.17) is 0 Å². The summed E-state index contributed by atoms with van der Waals surface area (Å²) in [6.07, 6.45) is 6.75. The first-order valence-electron chi connectivity index (χ1n) is 6.62. The van der Waals surface area contributed by atoms with Crippen LogP contribution in [0.5, 0.6) is 0 Å². The SMILES string of the molecule is C=C(C1CCC(C)CC1)N(CC)CCC. The lowest BCUT2D eigenvalue weighted by Gasteiger charge is -2.34. The second kappa shape index (κ2) is 6.19. The lowest BCUT2D eigenvalue weighted by atomic mass is 9.81. The van der Waals surface area contributed by atoms with Crippen LogP contribution in [0.15, 0.2) is 12.3 Å². The monoisotopic (exact) mass is 209 g/mol. The average Bonchev–Trinajstić information content (AvgIpc) is 2.26. The molecule has 0 unspecified atom stereocenters. The molecule has 0 heterocycles. The Morgan fingerprint density at radius 1 is 1.20 bits per heavy atom. The number of hydrogen-bond donors (Lipinski definition) is 0. The molecular weight excluding hydrogens is 182 g/mol. The number of hydrogen-bond acceptors (Lipinski definition) is 1. The van der Waals surface area contributed by atoms with Crippen LogP contribution in [0.2, 0.25) is 0 Å². The molecule has 1 nitrogen and oxygen atoms in total. The first-order valence-corrected chi connectivity index (χ1v) is 6.62. The maximum absolute atomic E-state index is 4.32. The Morgan fingerprint density at radius 2 is 1.80 bits per heavy atom. The van der Waals surface area contributed by atoms with Gasteiger partial charge in [0.1, 0.15) is 0 Å². The molecule has 1 aliphatic rings. The second-order valence-corrected chi connectivity index (χ2v) is 5.03. The molecule has 1 heteroatoms. The minimum absolute atomic E-state index is 0.771. The summed E-state index contributed by atoms with van der Waals surface area (Å²) < 4.78 is 0. The fraction of sp³-hybridized carbons (Fsp3) is 0.857. The van der Waals surface area contributed by atoms with E-state index in [2.05, 4.69) is 32.3 Å². The van der Waals surface area contributed by atoms with E-state index in [0.717, 1.165) is 18.4 Å². The van der Waals surface area contributed by atoms with E-state index in [1.54, 1.807) is 0 Å². The molecule has 1 aliphatic carbocycles. The van der Waals surface area contributed by atoms with Crippen LogP contribution in [0.25, 0.3) is 0 Å². The maximum atomic E-state index is 4.32. The highest BCUT2D eigenvalue weighted by Crippen LogP contribution is 2.33. The fourth-order valence-corrected chi connectivity index (χ4v) is 2.63. The fourth-order valence-electron chi connectivity index (χ4n) is 2.63. The normalized spacial score (nSPS) is 26.3. The predicted octanol–water partition coefficient (Wildman–Crippen LogP) is 4.06. The zero-order valence-corrected chi connectivity index (χ0v) is 10.8. The molecule has 0 amide bonds. The summed E-state index contributed by atoms with van der Waals surface area (Å²) in [6, 6.07) is 0. The van der Waals surface area contributed by atoms with E-state index in [-0.39, 0.29) is 0 Å². The Bertz CT molecular complexity index is 190. The van der Waals surface area contributed by atoms with E-state index < -0.39 is 0 Å². The molecule has 88 valence electrons. The van der Waals surface area contributed by atoms with Crippen molar-refractivity contribution in [1.29, 1.82) is 0 Å². The molecule has 0 atom stereocenters. The third kappa shape index (κ3) is 3.55. The van der Waals surface area contributed by atoms with Crippen LogP contribution in [0.4, 0.5) is 0 Å². The Hall–Kier alpha value is -0.460. The largest absolute Gasteiger partial charge is 0.375 e. The molecule has 0 aromatic heterocycles. The van der Waals surface area contributed by atoms with Gasteiger partial charge in [-0.1, -0.05) is 33.3 Å². The van der Waals surface area contributed by atoms with Gasteiger partial charge in [-0.3, -0.25) is 0 Å². The Labute approximate surface area is 95.5 Å². The van der Waals surface area contributed by atoms with Crippen LogP contribution in [-0.4, -0.2) is 18.0 Å². The molecule has 1 saturated carbocycles. The van der Waals surface area contributed by atoms with E-state index in [0.29, 0.717) is 0 Å². The molecule has 0 aliphatic heterocycles. The molecule has 0 aromatic rings. The van der Waals surface area contributed by atoms with Crippen LogP contribution in [0, 0.1) is 11.8 Å². The van der Waals surface area contributed by atoms with Crippen molar-refractivity contribution in [3.05, 3.63) is 12.3 Å². The highest BCUT2D eigenvalue weighted by atomic mass is 15.1. The van der Waals surface area contributed by atoms with Gasteiger partial charge in [-0.05, 0) is 38.0 Å². The summed E-state index contributed by atoms with van der Waals surface area (Å²) >= 11 is 0. The van der Waals surface area contributed by atoms with Crippen molar-refractivity contribution in [2.24, 2.45) is 11.8 Å². The highest BCUT2D eigenvalue weighted by Gasteiger charge is 2.22. The molecule has 1 rings (SSSR count). The van der Waals surface area contributed by atoms with Gasteiger partial charge in [0.25, 0.3) is 0 Å². The summed E-state index contributed by atoms with van der Waals surface area (Å²) in [5.74, 6) is 1.71. The van der Waals surface area contributed by atoms with Gasteiger partial charge in [-0.15, -0.1) is 0 Å². The first-order chi connectivity index (χ1) is 7.19. The lowest BCUT2D eigenvalue weighted by Crippen LogP contribution is -2.29. The lowest BCUT2D eigenvalue weighted by molar-refractivity contribution is 0.250. The molecule has 0 saturated heterocycles. The van der Waals surface area contributed by atoms with Crippen LogP contribution in [-0.2, 0) is 0 Å². The Balaban J connectivity index is 2.44. The molecule has 1 fully saturated rings. The minimum Gasteiger partial charge on any atom is -0.375 e. The van der Waals surface area contributed by atoms with Gasteiger partial charge in [0.05, 0.1) is 0 Å². The zero-order chi connectivity index (χ0) is 11.3. The quantitative estimate of drug-likeness (QED) is 0.660. The van der Waals surface area contributed by atoms with Gasteiger partial charge in [-0.25, -0.2) is 0 Å². The van der Waals surface area contributed by atoms with Crippen LogP contribution < -0.4 is 0 Å². The second-order valence-electron chi connectivity index (χ2n) is 5.03. The third-order valence-corrected chi connectivity index (χ3v) is 3.77. The minimum atomic E-state index is 0.771. The summed E-state index contributed by atoms with van der Waals surface area (Å²) in [5.41, 5.74) is 1.41. The molecular formula is C14H27N. The van der Waals surface area contributed by atoms with Crippen LogP contribution in [0.1, 0.15) is 52.9 Å². The smallest absolute Gasteiger partial charge is 0.0172 e. The van der Waals surface area contributed by atoms with Crippen molar-refractivity contribution in [2.75, 3.05) is 13.1 Å². The molecule has 0 aromatic carbocycles. The van der Waals surface area contributed by atoms with Crippen molar-refractivity contribution in [3.63, 3.8) is 0 Å². The average molecular weight is 209 g/mol. The van der Waals surface area contributed by atoms with Gasteiger partial charge >= 0.3 is 0 Å². The summed E-state index contributed by atoms with van der Waals surface area (Å²) in [5, 5.41) is 0. The van der Waals surface area contributed by atoms with Crippen molar-refractivity contribution < 1.29 is 0 Å². The van der Waals surface area contributed by atoms with Gasteiger partial charge < -0.3 is 4.90 Å². The van der Waals surface area contributed by atoms with Gasteiger partial charge in [0.2, 0.25) is 0 Å². The Morgan fingerprint density at radius 3 is 2.27 bits per heavy atom. The summed E-state index contributed by atoms with van der Waals surface area (Å²) in [7, 11) is 0. The number of rotatable bonds is 5. The zero-order valence-electron chi connectivity index (χ0n) is 10.8. The molecule has 0 spiro atoms. The van der Waals surface area contributed by atoms with Gasteiger partial charge in [0.15, 0.2) is 0 Å². The first kappa shape index (κ1) is 12.6. The van der Waals surface area contributed by atoms with E-state index in [1.165, 1.54) is 44.3 Å². The van der Waals surface area contributed by atoms with Crippen LogP contribution in [0.3, 0.4) is 0 Å². The Kier molecular flexibility index (Phi) is 5.21. The third-order valence-electron chi connectivity index (χ3n) is 3.77.